The first-order valence-electron chi connectivity index (χ1n) is 25.4. The van der Waals surface area contributed by atoms with Gasteiger partial charge in [0, 0.05) is 12.8 Å². The van der Waals surface area contributed by atoms with Crippen LogP contribution in [0.1, 0.15) is 219 Å². The van der Waals surface area contributed by atoms with Gasteiger partial charge in [-0.15, -0.1) is 0 Å². The summed E-state index contributed by atoms with van der Waals surface area (Å²) in [5.41, 5.74) is 0. The quantitative estimate of drug-likeness (QED) is 0.0212. The Kier molecular flexibility index (Phi) is 42.7. The van der Waals surface area contributed by atoms with Crippen molar-refractivity contribution in [3.05, 3.63) is 48.6 Å². The van der Waals surface area contributed by atoms with Crippen molar-refractivity contribution in [1.29, 1.82) is 0 Å². The largest absolute Gasteiger partial charge is 0.472 e. The molecule has 0 spiro atoms. The summed E-state index contributed by atoms with van der Waals surface area (Å²) in [5, 5.41) is 0. The maximum Gasteiger partial charge on any atom is 0.472 e. The molecule has 0 rings (SSSR count). The van der Waals surface area contributed by atoms with Crippen LogP contribution in [0.5, 0.6) is 0 Å². The molecule has 0 aliphatic rings. The SMILES string of the molecule is CCCCC/C=C/C/C=C/C/C=C/CCCCC(=O)O[C@@H](COC(=O)CCC/C=C/CCCCCCCCCCCCCCCCCCCC)COP(=O)(O)OCC[N+](C)(C)C. The van der Waals surface area contributed by atoms with Gasteiger partial charge in [0.15, 0.2) is 6.10 Å². The third kappa shape index (κ3) is 47.4. The molecule has 10 heteroatoms. The van der Waals surface area contributed by atoms with Crippen LogP contribution in [0, 0.1) is 0 Å². The normalized spacial score (nSPS) is 13.8. The van der Waals surface area contributed by atoms with Crippen molar-refractivity contribution in [2.45, 2.75) is 225 Å². The summed E-state index contributed by atoms with van der Waals surface area (Å²) in [4.78, 5) is 35.4. The molecule has 362 valence electrons. The molecule has 0 radical (unpaired) electrons. The summed E-state index contributed by atoms with van der Waals surface area (Å²) in [7, 11) is 1.44. The van der Waals surface area contributed by atoms with Crippen LogP contribution in [0.3, 0.4) is 0 Å². The molecular weight excluding hydrogens is 798 g/mol. The number of likely N-dealkylation sites (N-methyl/N-ethyl adjacent to an activating group) is 1. The highest BCUT2D eigenvalue weighted by Gasteiger charge is 2.27. The van der Waals surface area contributed by atoms with Gasteiger partial charge in [-0.2, -0.15) is 0 Å². The first kappa shape index (κ1) is 60.0. The first-order chi connectivity index (χ1) is 30.0. The van der Waals surface area contributed by atoms with Crippen molar-refractivity contribution in [3.8, 4) is 0 Å². The Balaban J connectivity index is 4.28. The predicted molar refractivity (Wildman–Crippen MR) is 261 cm³/mol. The molecule has 1 N–H and O–H groups in total. The summed E-state index contributed by atoms with van der Waals surface area (Å²) in [6.45, 7) is 4.34. The third-order valence-corrected chi connectivity index (χ3v) is 11.8. The monoisotopic (exact) mass is 895 g/mol. The highest BCUT2D eigenvalue weighted by Crippen LogP contribution is 2.43. The van der Waals surface area contributed by atoms with Crippen molar-refractivity contribution >= 4 is 19.8 Å². The van der Waals surface area contributed by atoms with E-state index in [2.05, 4.69) is 62.5 Å². The average Bonchev–Trinajstić information content (AvgIpc) is 3.23. The predicted octanol–water partition coefficient (Wildman–Crippen LogP) is 15.0. The van der Waals surface area contributed by atoms with E-state index in [1.807, 2.05) is 21.1 Å². The Hall–Kier alpha value is -2.03. The Labute approximate surface area is 382 Å². The highest BCUT2D eigenvalue weighted by molar-refractivity contribution is 7.47. The number of quaternary nitrogens is 1. The topological polar surface area (TPSA) is 108 Å². The van der Waals surface area contributed by atoms with Gasteiger partial charge in [-0.25, -0.2) is 4.57 Å². The number of carbonyl (C=O) groups is 2. The van der Waals surface area contributed by atoms with Crippen LogP contribution in [0.25, 0.3) is 0 Å². The number of hydrogen-bond donors (Lipinski definition) is 1. The van der Waals surface area contributed by atoms with Crippen LogP contribution in [0.2, 0.25) is 0 Å². The molecule has 0 aliphatic heterocycles. The fraction of sp³-hybridized carbons (Fsp3) is 0.808. The van der Waals surface area contributed by atoms with Crippen molar-refractivity contribution in [1.82, 2.24) is 0 Å². The van der Waals surface area contributed by atoms with E-state index in [9.17, 15) is 19.0 Å². The number of ether oxygens (including phenoxy) is 2. The van der Waals surface area contributed by atoms with E-state index in [1.165, 1.54) is 135 Å². The van der Waals surface area contributed by atoms with Gasteiger partial charge in [0.2, 0.25) is 0 Å². The lowest BCUT2D eigenvalue weighted by Crippen LogP contribution is -2.37. The van der Waals surface area contributed by atoms with E-state index in [4.69, 9.17) is 18.5 Å². The summed E-state index contributed by atoms with van der Waals surface area (Å²) in [6.07, 6.45) is 53.3. The van der Waals surface area contributed by atoms with Crippen LogP contribution in [0.4, 0.5) is 0 Å². The van der Waals surface area contributed by atoms with Crippen LogP contribution >= 0.6 is 7.82 Å². The zero-order valence-electron chi connectivity index (χ0n) is 40.9. The molecule has 0 fully saturated rings. The minimum atomic E-state index is -4.39. The molecule has 9 nitrogen and oxygen atoms in total. The van der Waals surface area contributed by atoms with Gasteiger partial charge < -0.3 is 18.9 Å². The van der Waals surface area contributed by atoms with Crippen molar-refractivity contribution in [2.75, 3.05) is 47.5 Å². The molecule has 0 aromatic heterocycles. The molecule has 2 atom stereocenters. The second-order valence-electron chi connectivity index (χ2n) is 18.2. The molecule has 0 saturated heterocycles. The summed E-state index contributed by atoms with van der Waals surface area (Å²) in [6, 6.07) is 0. The number of rotatable bonds is 46. The van der Waals surface area contributed by atoms with Gasteiger partial charge in [-0.05, 0) is 70.6 Å². The zero-order valence-corrected chi connectivity index (χ0v) is 41.7. The number of phosphoric acid groups is 1. The maximum absolute atomic E-state index is 12.7. The minimum absolute atomic E-state index is 0.0198. The molecular formula is C52H97NO8P+. The lowest BCUT2D eigenvalue weighted by atomic mass is 10.0. The minimum Gasteiger partial charge on any atom is -0.462 e. The second-order valence-corrected chi connectivity index (χ2v) is 19.6. The van der Waals surface area contributed by atoms with E-state index in [0.29, 0.717) is 23.9 Å². The smallest absolute Gasteiger partial charge is 0.462 e. The standard InChI is InChI=1S/C52H96NO8P/c1-6-8-10-12-14-16-18-20-22-23-24-25-26-27-28-29-31-32-34-36-38-40-42-44-51(54)58-48-50(49-60-62(56,57)59-47-46-53(3,4)5)61-52(55)45-43-41-39-37-35-33-30-21-19-17-15-13-11-9-7-2/h15,17,21,30,35-38,50H,6-14,16,18-20,22-29,31-34,39-49H2,1-5H3/p+1/b17-15+,30-21+,37-35+,38-36+/t50-/m0/s1. The molecule has 62 heavy (non-hydrogen) atoms. The Morgan fingerprint density at radius 2 is 0.887 bits per heavy atom. The second kappa shape index (κ2) is 44.2. The van der Waals surface area contributed by atoms with Crippen LogP contribution < -0.4 is 0 Å². The molecule has 1 unspecified atom stereocenters. The van der Waals surface area contributed by atoms with E-state index < -0.39 is 32.5 Å². The van der Waals surface area contributed by atoms with Gasteiger partial charge in [-0.1, -0.05) is 184 Å². The van der Waals surface area contributed by atoms with E-state index in [1.54, 1.807) is 0 Å². The fourth-order valence-corrected chi connectivity index (χ4v) is 7.59. The molecule has 0 bridgehead atoms. The number of nitrogens with zero attached hydrogens (tertiary/aromatic N) is 1. The Bertz CT molecular complexity index is 1190. The summed E-state index contributed by atoms with van der Waals surface area (Å²) >= 11 is 0. The highest BCUT2D eigenvalue weighted by atomic mass is 31.2. The van der Waals surface area contributed by atoms with Gasteiger partial charge in [0.1, 0.15) is 19.8 Å². The Morgan fingerprint density at radius 1 is 0.500 bits per heavy atom. The number of esters is 2. The van der Waals surface area contributed by atoms with Crippen molar-refractivity contribution in [3.63, 3.8) is 0 Å². The Morgan fingerprint density at radius 3 is 1.39 bits per heavy atom. The lowest BCUT2D eigenvalue weighted by molar-refractivity contribution is -0.870. The third-order valence-electron chi connectivity index (χ3n) is 10.8. The number of carbonyl (C=O) groups excluding carboxylic acids is 2. The average molecular weight is 895 g/mol. The number of phosphoric ester groups is 1. The van der Waals surface area contributed by atoms with Crippen molar-refractivity contribution < 1.29 is 42.1 Å². The first-order valence-corrected chi connectivity index (χ1v) is 26.9. The van der Waals surface area contributed by atoms with E-state index in [0.717, 1.165) is 44.9 Å². The van der Waals surface area contributed by atoms with E-state index in [-0.39, 0.29) is 26.1 Å². The van der Waals surface area contributed by atoms with Crippen LogP contribution in [-0.4, -0.2) is 74.9 Å². The number of unbranched alkanes of at least 4 members (excludes halogenated alkanes) is 24. The van der Waals surface area contributed by atoms with Crippen molar-refractivity contribution in [2.24, 2.45) is 0 Å². The summed E-state index contributed by atoms with van der Waals surface area (Å²) < 4.78 is 34.3. The zero-order chi connectivity index (χ0) is 45.7. The number of allylic oxidation sites excluding steroid dienone is 8. The van der Waals surface area contributed by atoms with Gasteiger partial charge in [0.25, 0.3) is 0 Å². The molecule has 0 saturated carbocycles. The van der Waals surface area contributed by atoms with Gasteiger partial charge >= 0.3 is 19.8 Å². The molecule has 0 aliphatic carbocycles. The van der Waals surface area contributed by atoms with Crippen LogP contribution in [-0.2, 0) is 32.7 Å². The molecule has 0 amide bonds. The summed E-state index contributed by atoms with van der Waals surface area (Å²) in [5.74, 6) is -0.877. The van der Waals surface area contributed by atoms with E-state index >= 15 is 0 Å². The van der Waals surface area contributed by atoms with Crippen LogP contribution in [0.15, 0.2) is 48.6 Å². The fourth-order valence-electron chi connectivity index (χ4n) is 6.85. The van der Waals surface area contributed by atoms with Gasteiger partial charge in [-0.3, -0.25) is 18.6 Å². The van der Waals surface area contributed by atoms with Gasteiger partial charge in [0.05, 0.1) is 27.7 Å². The molecule has 0 aromatic rings. The number of hydrogen-bond acceptors (Lipinski definition) is 7. The molecule has 0 heterocycles. The molecule has 0 aromatic carbocycles. The lowest BCUT2D eigenvalue weighted by Gasteiger charge is -2.24. The maximum atomic E-state index is 12.7.